The van der Waals surface area contributed by atoms with Crippen LogP contribution in [-0.2, 0) is 6.61 Å². The molecule has 0 atom stereocenters. The van der Waals surface area contributed by atoms with Crippen molar-refractivity contribution in [1.82, 2.24) is 5.32 Å². The Morgan fingerprint density at radius 3 is 2.41 bits per heavy atom. The normalized spacial score (nSPS) is 15.0. The number of ether oxygens (including phenoxy) is 2. The number of carbonyl (C=O) groups excluding carboxylic acids is 1. The van der Waals surface area contributed by atoms with Crippen LogP contribution in [-0.4, -0.2) is 18.6 Å². The lowest BCUT2D eigenvalue weighted by molar-refractivity contribution is 0.0930. The molecule has 0 radical (unpaired) electrons. The maximum Gasteiger partial charge on any atom is 0.251 e. The van der Waals surface area contributed by atoms with Gasteiger partial charge in [0.25, 0.3) is 5.91 Å². The lowest BCUT2D eigenvalue weighted by atomic mass is 9.96. The van der Waals surface area contributed by atoms with Gasteiger partial charge in [0.05, 0.1) is 6.61 Å². The topological polar surface area (TPSA) is 47.6 Å². The second kappa shape index (κ2) is 11.0. The molecule has 0 bridgehead atoms. The van der Waals surface area contributed by atoms with E-state index in [1.165, 1.54) is 37.5 Å². The highest BCUT2D eigenvalue weighted by Gasteiger charge is 2.17. The van der Waals surface area contributed by atoms with Crippen molar-refractivity contribution in [2.75, 3.05) is 6.61 Å². The summed E-state index contributed by atoms with van der Waals surface area (Å²) in [7, 11) is 0. The van der Waals surface area contributed by atoms with Gasteiger partial charge in [-0.3, -0.25) is 4.79 Å². The van der Waals surface area contributed by atoms with Gasteiger partial charge in [0.1, 0.15) is 18.1 Å². The van der Waals surface area contributed by atoms with E-state index in [2.05, 4.69) is 23.5 Å². The van der Waals surface area contributed by atoms with Crippen LogP contribution in [0.2, 0.25) is 0 Å². The monoisotopic (exact) mass is 431 g/mol. The third-order valence-corrected chi connectivity index (χ3v) is 6.18. The molecule has 0 spiro atoms. The van der Waals surface area contributed by atoms with E-state index in [0.29, 0.717) is 18.8 Å². The molecule has 0 aromatic heterocycles. The van der Waals surface area contributed by atoms with Crippen molar-refractivity contribution >= 4 is 16.7 Å². The molecule has 0 heterocycles. The minimum absolute atomic E-state index is 0.00872. The number of fused-ring (bicyclic) bond motifs is 1. The summed E-state index contributed by atoms with van der Waals surface area (Å²) in [5.74, 6) is 1.55. The van der Waals surface area contributed by atoms with Crippen molar-refractivity contribution in [2.24, 2.45) is 0 Å². The second-order valence-corrected chi connectivity index (χ2v) is 8.57. The average Bonchev–Trinajstić information content (AvgIpc) is 2.80. The molecule has 32 heavy (non-hydrogen) atoms. The van der Waals surface area contributed by atoms with E-state index in [0.717, 1.165) is 35.3 Å². The number of amides is 1. The Morgan fingerprint density at radius 1 is 0.875 bits per heavy atom. The first kappa shape index (κ1) is 22.2. The molecular formula is C28H33NO3. The summed E-state index contributed by atoms with van der Waals surface area (Å²) in [6.07, 6.45) is 8.39. The zero-order valence-electron chi connectivity index (χ0n) is 18.9. The predicted octanol–water partition coefficient (Wildman–Crippen LogP) is 6.66. The van der Waals surface area contributed by atoms with Crippen LogP contribution in [0.1, 0.15) is 67.8 Å². The summed E-state index contributed by atoms with van der Waals surface area (Å²) in [5.41, 5.74) is 1.54. The third-order valence-electron chi connectivity index (χ3n) is 6.18. The molecule has 0 saturated heterocycles. The largest absolute Gasteiger partial charge is 0.493 e. The van der Waals surface area contributed by atoms with Gasteiger partial charge in [-0.2, -0.15) is 0 Å². The predicted molar refractivity (Wildman–Crippen MR) is 129 cm³/mol. The van der Waals surface area contributed by atoms with Gasteiger partial charge >= 0.3 is 0 Å². The van der Waals surface area contributed by atoms with Crippen LogP contribution in [0, 0.1) is 0 Å². The van der Waals surface area contributed by atoms with E-state index >= 15 is 0 Å². The number of benzene rings is 3. The number of hydrogen-bond donors (Lipinski definition) is 1. The molecule has 1 saturated carbocycles. The zero-order valence-corrected chi connectivity index (χ0v) is 18.9. The van der Waals surface area contributed by atoms with Crippen LogP contribution in [0.3, 0.4) is 0 Å². The molecule has 3 aromatic rings. The number of carbonyl (C=O) groups is 1. The highest BCUT2D eigenvalue weighted by atomic mass is 16.5. The molecule has 1 fully saturated rings. The molecule has 1 N–H and O–H groups in total. The smallest absolute Gasteiger partial charge is 0.251 e. The molecule has 1 amide bonds. The van der Waals surface area contributed by atoms with Crippen molar-refractivity contribution in [3.8, 4) is 11.5 Å². The molecule has 4 nitrogen and oxygen atoms in total. The SMILES string of the molecule is CCOc1ccc(C(=O)NC2CCCCCCC2)cc1COc1ccc2ccccc2c1. The lowest BCUT2D eigenvalue weighted by Crippen LogP contribution is -2.35. The van der Waals surface area contributed by atoms with Crippen LogP contribution in [0.25, 0.3) is 10.8 Å². The quantitative estimate of drug-likeness (QED) is 0.455. The standard InChI is InChI=1S/C28H33NO3/c1-2-31-27-17-15-23(28(30)29-25-12-6-4-3-5-7-13-25)18-24(27)20-32-26-16-14-21-10-8-9-11-22(21)19-26/h8-11,14-19,25H,2-7,12-13,20H2,1H3,(H,29,30). The highest BCUT2D eigenvalue weighted by Crippen LogP contribution is 2.25. The van der Waals surface area contributed by atoms with Crippen LogP contribution < -0.4 is 14.8 Å². The molecule has 4 rings (SSSR count). The van der Waals surface area contributed by atoms with Gasteiger partial charge in [0.15, 0.2) is 0 Å². The van der Waals surface area contributed by atoms with E-state index < -0.39 is 0 Å². The maximum atomic E-state index is 13.0. The summed E-state index contributed by atoms with van der Waals surface area (Å²) >= 11 is 0. The van der Waals surface area contributed by atoms with Gasteiger partial charge in [-0.05, 0) is 60.9 Å². The lowest BCUT2D eigenvalue weighted by Gasteiger charge is -2.21. The summed E-state index contributed by atoms with van der Waals surface area (Å²) in [6.45, 7) is 2.87. The summed E-state index contributed by atoms with van der Waals surface area (Å²) in [6, 6.07) is 20.2. The molecule has 168 valence electrons. The van der Waals surface area contributed by atoms with Crippen LogP contribution in [0.15, 0.2) is 60.7 Å². The van der Waals surface area contributed by atoms with E-state index in [9.17, 15) is 4.79 Å². The van der Waals surface area contributed by atoms with Crippen molar-refractivity contribution < 1.29 is 14.3 Å². The maximum absolute atomic E-state index is 13.0. The van der Waals surface area contributed by atoms with Crippen LogP contribution in [0.4, 0.5) is 0 Å². The number of hydrogen-bond acceptors (Lipinski definition) is 3. The Hall–Kier alpha value is -3.01. The number of nitrogens with one attached hydrogen (secondary N) is 1. The van der Waals surface area contributed by atoms with E-state index in [1.54, 1.807) is 0 Å². The van der Waals surface area contributed by atoms with Gasteiger partial charge in [-0.25, -0.2) is 0 Å². The zero-order chi connectivity index (χ0) is 22.2. The van der Waals surface area contributed by atoms with Crippen LogP contribution in [0.5, 0.6) is 11.5 Å². The van der Waals surface area contributed by atoms with Crippen molar-refractivity contribution in [3.63, 3.8) is 0 Å². The molecular weight excluding hydrogens is 398 g/mol. The molecule has 0 aliphatic heterocycles. The summed E-state index contributed by atoms with van der Waals surface area (Å²) in [4.78, 5) is 13.0. The molecule has 1 aliphatic rings. The molecule has 4 heteroatoms. The van der Waals surface area contributed by atoms with Gasteiger partial charge in [-0.15, -0.1) is 0 Å². The first-order chi connectivity index (χ1) is 15.7. The van der Waals surface area contributed by atoms with Gasteiger partial charge < -0.3 is 14.8 Å². The molecule has 3 aromatic carbocycles. The Labute approximate surface area is 190 Å². The van der Waals surface area contributed by atoms with Crippen LogP contribution >= 0.6 is 0 Å². The fourth-order valence-corrected chi connectivity index (χ4v) is 4.42. The molecule has 1 aliphatic carbocycles. The molecule has 0 unspecified atom stereocenters. The van der Waals surface area contributed by atoms with Gasteiger partial charge in [-0.1, -0.05) is 62.4 Å². The average molecular weight is 432 g/mol. The van der Waals surface area contributed by atoms with Crippen molar-refractivity contribution in [2.45, 2.75) is 64.5 Å². The van der Waals surface area contributed by atoms with Crippen molar-refractivity contribution in [3.05, 3.63) is 71.8 Å². The Balaban J connectivity index is 1.47. The summed E-state index contributed by atoms with van der Waals surface area (Å²) in [5, 5.41) is 5.58. The highest BCUT2D eigenvalue weighted by molar-refractivity contribution is 5.94. The Kier molecular flexibility index (Phi) is 7.65. The minimum Gasteiger partial charge on any atom is -0.493 e. The number of rotatable bonds is 7. The van der Waals surface area contributed by atoms with Crippen molar-refractivity contribution in [1.29, 1.82) is 0 Å². The van der Waals surface area contributed by atoms with E-state index in [-0.39, 0.29) is 11.9 Å². The first-order valence-corrected chi connectivity index (χ1v) is 11.9. The third kappa shape index (κ3) is 5.82. The van der Waals surface area contributed by atoms with Gasteiger partial charge in [0.2, 0.25) is 0 Å². The Morgan fingerprint density at radius 2 is 1.62 bits per heavy atom. The van der Waals surface area contributed by atoms with Gasteiger partial charge in [0, 0.05) is 17.2 Å². The second-order valence-electron chi connectivity index (χ2n) is 8.57. The fourth-order valence-electron chi connectivity index (χ4n) is 4.42. The first-order valence-electron chi connectivity index (χ1n) is 11.9. The van der Waals surface area contributed by atoms with E-state index in [4.69, 9.17) is 9.47 Å². The minimum atomic E-state index is -0.00872. The van der Waals surface area contributed by atoms with E-state index in [1.807, 2.05) is 49.4 Å². The summed E-state index contributed by atoms with van der Waals surface area (Å²) < 4.78 is 11.9. The fraction of sp³-hybridized carbons (Fsp3) is 0.393. The Bertz CT molecular complexity index is 1040.